The van der Waals surface area contributed by atoms with Crippen molar-refractivity contribution in [3.05, 3.63) is 97.1 Å². The minimum atomic E-state index is -3.80. The Morgan fingerprint density at radius 2 is 1.71 bits per heavy atom. The SMILES string of the molecule is CC(C)(C)N(C(=O)O)C1CCN(C(=O)Cc2cccc(Nc3cc(-c4cnc5c(ccn5S(=O)(=O)c5ccccc5)c4)ncn3)c2)CC1. The summed E-state index contributed by atoms with van der Waals surface area (Å²) in [6.45, 7) is 6.69. The number of piperidine rings is 1. The first-order chi connectivity index (χ1) is 22.9. The van der Waals surface area contributed by atoms with Crippen LogP contribution in [0.5, 0.6) is 0 Å². The van der Waals surface area contributed by atoms with E-state index >= 15 is 0 Å². The molecule has 48 heavy (non-hydrogen) atoms. The van der Waals surface area contributed by atoms with E-state index in [0.29, 0.717) is 54.0 Å². The monoisotopic (exact) mass is 667 g/mol. The second-order valence-electron chi connectivity index (χ2n) is 12.8. The van der Waals surface area contributed by atoms with E-state index < -0.39 is 21.7 Å². The Kier molecular flexibility index (Phi) is 8.89. The zero-order chi connectivity index (χ0) is 34.1. The third-order valence-corrected chi connectivity index (χ3v) is 10.1. The van der Waals surface area contributed by atoms with Gasteiger partial charge < -0.3 is 20.2 Å². The molecule has 1 aliphatic heterocycles. The highest BCUT2D eigenvalue weighted by molar-refractivity contribution is 7.90. The summed E-state index contributed by atoms with van der Waals surface area (Å²) in [5, 5.41) is 13.7. The van der Waals surface area contributed by atoms with Gasteiger partial charge in [-0.1, -0.05) is 30.3 Å². The maximum Gasteiger partial charge on any atom is 0.407 e. The van der Waals surface area contributed by atoms with Crippen LogP contribution in [0, 0.1) is 0 Å². The molecule has 0 radical (unpaired) electrons. The molecule has 0 unspecified atom stereocenters. The summed E-state index contributed by atoms with van der Waals surface area (Å²) in [5.41, 5.74) is 2.70. The predicted molar refractivity (Wildman–Crippen MR) is 182 cm³/mol. The smallest absolute Gasteiger partial charge is 0.407 e. The molecule has 12 nitrogen and oxygen atoms in total. The number of nitrogens with zero attached hydrogens (tertiary/aromatic N) is 6. The van der Waals surface area contributed by atoms with E-state index in [0.717, 1.165) is 11.3 Å². The molecule has 1 aliphatic rings. The highest BCUT2D eigenvalue weighted by Crippen LogP contribution is 2.28. The van der Waals surface area contributed by atoms with Crippen molar-refractivity contribution in [2.75, 3.05) is 18.4 Å². The standard InChI is InChI=1S/C35H37N7O5S/c1-35(2,3)42(34(44)45)28-13-15-40(16-14-28)32(43)19-24-8-7-9-27(18-24)39-31-21-30(37-23-38-31)26-20-25-12-17-41(33(25)36-22-26)48(46,47)29-10-5-4-6-11-29/h4-12,17-18,20-23,28H,13-16,19H2,1-3H3,(H,44,45)(H,37,38,39). The predicted octanol–water partition coefficient (Wildman–Crippen LogP) is 5.79. The van der Waals surface area contributed by atoms with Gasteiger partial charge in [-0.3, -0.25) is 4.79 Å². The fourth-order valence-electron chi connectivity index (χ4n) is 6.18. The van der Waals surface area contributed by atoms with Crippen LogP contribution in [-0.2, 0) is 21.2 Å². The summed E-state index contributed by atoms with van der Waals surface area (Å²) < 4.78 is 27.5. The quantitative estimate of drug-likeness (QED) is 0.210. The molecule has 0 saturated carbocycles. The number of anilines is 2. The van der Waals surface area contributed by atoms with Crippen LogP contribution in [0.25, 0.3) is 22.3 Å². The van der Waals surface area contributed by atoms with Gasteiger partial charge in [0.2, 0.25) is 5.91 Å². The third kappa shape index (κ3) is 6.86. The van der Waals surface area contributed by atoms with Crippen LogP contribution in [0.4, 0.5) is 16.3 Å². The maximum atomic E-state index is 13.2. The fraction of sp³-hybridized carbons (Fsp3) is 0.286. The van der Waals surface area contributed by atoms with Crippen molar-refractivity contribution >= 4 is 44.6 Å². The van der Waals surface area contributed by atoms with Crippen molar-refractivity contribution in [1.29, 1.82) is 0 Å². The minimum Gasteiger partial charge on any atom is -0.465 e. The molecule has 6 rings (SSSR count). The van der Waals surface area contributed by atoms with Crippen molar-refractivity contribution < 1.29 is 23.1 Å². The van der Waals surface area contributed by atoms with Crippen molar-refractivity contribution in [3.8, 4) is 11.3 Å². The van der Waals surface area contributed by atoms with Crippen LogP contribution in [-0.4, -0.2) is 78.9 Å². The van der Waals surface area contributed by atoms with Crippen LogP contribution in [0.3, 0.4) is 0 Å². The Balaban J connectivity index is 1.12. The van der Waals surface area contributed by atoms with Crippen molar-refractivity contribution in [1.82, 2.24) is 28.7 Å². The molecule has 0 atom stereocenters. The molecule has 2 amide bonds. The normalized spacial score (nSPS) is 14.2. The lowest BCUT2D eigenvalue weighted by molar-refractivity contribution is -0.132. The van der Waals surface area contributed by atoms with Gasteiger partial charge >= 0.3 is 6.09 Å². The highest BCUT2D eigenvalue weighted by atomic mass is 32.2. The topological polar surface area (TPSA) is 151 Å². The zero-order valence-corrected chi connectivity index (χ0v) is 27.8. The highest BCUT2D eigenvalue weighted by Gasteiger charge is 2.36. The molecule has 5 aromatic rings. The number of benzene rings is 2. The number of carbonyl (C=O) groups is 2. The largest absolute Gasteiger partial charge is 0.465 e. The first-order valence-corrected chi connectivity index (χ1v) is 17.1. The Labute approximate surface area is 279 Å². The molecule has 1 fully saturated rings. The van der Waals surface area contributed by atoms with Gasteiger partial charge in [-0.2, -0.15) is 0 Å². The van der Waals surface area contributed by atoms with E-state index in [-0.39, 0.29) is 23.3 Å². The first-order valence-electron chi connectivity index (χ1n) is 15.7. The average molecular weight is 668 g/mol. The minimum absolute atomic E-state index is 0.000786. The number of hydrogen-bond acceptors (Lipinski definition) is 8. The molecular weight excluding hydrogens is 630 g/mol. The van der Waals surface area contributed by atoms with Gasteiger partial charge in [0.05, 0.1) is 17.0 Å². The summed E-state index contributed by atoms with van der Waals surface area (Å²) >= 11 is 0. The first kappa shape index (κ1) is 32.6. The molecular formula is C35H37N7O5S. The molecule has 0 bridgehead atoms. The summed E-state index contributed by atoms with van der Waals surface area (Å²) in [4.78, 5) is 41.8. The van der Waals surface area contributed by atoms with Crippen LogP contribution in [0.1, 0.15) is 39.2 Å². The number of carboxylic acid groups (broad SMARTS) is 1. The van der Waals surface area contributed by atoms with E-state index in [1.807, 2.05) is 56.0 Å². The number of likely N-dealkylation sites (tertiary alicyclic amines) is 1. The van der Waals surface area contributed by atoms with Crippen molar-refractivity contribution in [2.45, 2.75) is 56.5 Å². The molecule has 3 aromatic heterocycles. The van der Waals surface area contributed by atoms with Crippen LogP contribution >= 0.6 is 0 Å². The Morgan fingerprint density at radius 3 is 2.42 bits per heavy atom. The van der Waals surface area contributed by atoms with Crippen molar-refractivity contribution in [2.24, 2.45) is 0 Å². The number of rotatable bonds is 8. The van der Waals surface area contributed by atoms with Gasteiger partial charge in [0.1, 0.15) is 12.1 Å². The van der Waals surface area contributed by atoms with E-state index in [4.69, 9.17) is 0 Å². The molecule has 2 N–H and O–H groups in total. The second-order valence-corrected chi connectivity index (χ2v) is 14.6. The molecule has 1 saturated heterocycles. The lowest BCUT2D eigenvalue weighted by Gasteiger charge is -2.43. The Hall–Kier alpha value is -5.30. The van der Waals surface area contributed by atoms with Gasteiger partial charge in [0.15, 0.2) is 5.65 Å². The van der Waals surface area contributed by atoms with E-state index in [2.05, 4.69) is 20.3 Å². The summed E-state index contributed by atoms with van der Waals surface area (Å²) in [6.07, 6.45) is 5.02. The van der Waals surface area contributed by atoms with Gasteiger partial charge in [0.25, 0.3) is 10.0 Å². The average Bonchev–Trinajstić information content (AvgIpc) is 3.49. The molecule has 4 heterocycles. The summed E-state index contributed by atoms with van der Waals surface area (Å²) in [6, 6.07) is 21.0. The number of amides is 2. The van der Waals surface area contributed by atoms with E-state index in [1.165, 1.54) is 21.4 Å². The van der Waals surface area contributed by atoms with Gasteiger partial charge in [-0.15, -0.1) is 0 Å². The fourth-order valence-corrected chi connectivity index (χ4v) is 7.51. The summed E-state index contributed by atoms with van der Waals surface area (Å²) in [5.74, 6) is 0.539. The number of carbonyl (C=O) groups excluding carboxylic acids is 1. The van der Waals surface area contributed by atoms with Gasteiger partial charge in [-0.05, 0) is 75.6 Å². The summed E-state index contributed by atoms with van der Waals surface area (Å²) in [7, 11) is -3.80. The van der Waals surface area contributed by atoms with Crippen molar-refractivity contribution in [3.63, 3.8) is 0 Å². The Morgan fingerprint density at radius 1 is 0.958 bits per heavy atom. The second kappa shape index (κ2) is 13.1. The van der Waals surface area contributed by atoms with Crippen LogP contribution in [0.2, 0.25) is 0 Å². The lowest BCUT2D eigenvalue weighted by atomic mass is 9.96. The van der Waals surface area contributed by atoms with Gasteiger partial charge in [-0.25, -0.2) is 32.1 Å². The molecule has 248 valence electrons. The maximum absolute atomic E-state index is 13.2. The third-order valence-electron chi connectivity index (χ3n) is 8.42. The number of aromatic nitrogens is 4. The number of nitrogens with one attached hydrogen (secondary N) is 1. The number of hydrogen-bond donors (Lipinski definition) is 2. The molecule has 13 heteroatoms. The Bertz CT molecular complexity index is 2070. The molecule has 2 aromatic carbocycles. The van der Waals surface area contributed by atoms with Crippen LogP contribution < -0.4 is 5.32 Å². The van der Waals surface area contributed by atoms with Gasteiger partial charge in [0, 0.05) is 59.8 Å². The number of pyridine rings is 1. The molecule has 0 aliphatic carbocycles. The zero-order valence-electron chi connectivity index (χ0n) is 26.9. The lowest BCUT2D eigenvalue weighted by Crippen LogP contribution is -2.55. The molecule has 0 spiro atoms. The van der Waals surface area contributed by atoms with E-state index in [9.17, 15) is 23.1 Å². The van der Waals surface area contributed by atoms with Crippen LogP contribution in [0.15, 0.2) is 96.4 Å². The number of fused-ring (bicyclic) bond motifs is 1. The van der Waals surface area contributed by atoms with E-state index in [1.54, 1.807) is 48.7 Å².